The maximum atomic E-state index is 12.2. The zero-order valence-electron chi connectivity index (χ0n) is 13.7. The molecule has 1 aromatic carbocycles. The number of amides is 2. The van der Waals surface area contributed by atoms with Crippen LogP contribution in [0.1, 0.15) is 30.9 Å². The average molecular weight is 315 g/mol. The standard InChI is InChI=1S/C18H25N3O2/c1-13(16-10-19-11-16)18(23)20-9-14-4-2-5-15(8-14)12-21-7-3-6-17(21)22/h2,4-5,8,13,16,19H,3,6-7,9-12H2,1H3,(H,20,23). The van der Waals surface area contributed by atoms with Gasteiger partial charge in [0.25, 0.3) is 0 Å². The molecular weight excluding hydrogens is 290 g/mol. The number of nitrogens with zero attached hydrogens (tertiary/aromatic N) is 1. The van der Waals surface area contributed by atoms with Crippen molar-refractivity contribution >= 4 is 11.8 Å². The minimum absolute atomic E-state index is 0.0571. The van der Waals surface area contributed by atoms with E-state index in [0.29, 0.717) is 25.4 Å². The van der Waals surface area contributed by atoms with E-state index in [1.165, 1.54) is 0 Å². The van der Waals surface area contributed by atoms with Crippen LogP contribution in [0.25, 0.3) is 0 Å². The van der Waals surface area contributed by atoms with Crippen LogP contribution in [0.15, 0.2) is 24.3 Å². The van der Waals surface area contributed by atoms with E-state index < -0.39 is 0 Å². The Morgan fingerprint density at radius 1 is 1.39 bits per heavy atom. The Labute approximate surface area is 137 Å². The van der Waals surface area contributed by atoms with E-state index in [9.17, 15) is 9.59 Å². The molecule has 0 bridgehead atoms. The van der Waals surface area contributed by atoms with E-state index in [1.54, 1.807) is 0 Å². The molecule has 1 aromatic rings. The van der Waals surface area contributed by atoms with E-state index in [2.05, 4.69) is 16.7 Å². The SMILES string of the molecule is CC(C(=O)NCc1cccc(CN2CCCC2=O)c1)C1CNC1. The van der Waals surface area contributed by atoms with Gasteiger partial charge in [0.1, 0.15) is 0 Å². The zero-order chi connectivity index (χ0) is 16.2. The summed E-state index contributed by atoms with van der Waals surface area (Å²) in [6.45, 7) is 5.95. The van der Waals surface area contributed by atoms with Gasteiger partial charge in [-0.2, -0.15) is 0 Å². The maximum Gasteiger partial charge on any atom is 0.223 e. The lowest BCUT2D eigenvalue weighted by Crippen LogP contribution is -2.49. The Morgan fingerprint density at radius 3 is 2.83 bits per heavy atom. The number of benzene rings is 1. The lowest BCUT2D eigenvalue weighted by molar-refractivity contribution is -0.128. The van der Waals surface area contributed by atoms with Gasteiger partial charge in [-0.15, -0.1) is 0 Å². The Morgan fingerprint density at radius 2 is 2.17 bits per heavy atom. The molecule has 5 nitrogen and oxygen atoms in total. The molecule has 0 spiro atoms. The highest BCUT2D eigenvalue weighted by molar-refractivity contribution is 5.79. The highest BCUT2D eigenvalue weighted by Gasteiger charge is 2.28. The summed E-state index contributed by atoms with van der Waals surface area (Å²) in [5.74, 6) is 0.882. The van der Waals surface area contributed by atoms with Crippen molar-refractivity contribution in [1.82, 2.24) is 15.5 Å². The zero-order valence-corrected chi connectivity index (χ0v) is 13.7. The normalized spacial score (nSPS) is 19.5. The molecule has 1 atom stereocenters. The van der Waals surface area contributed by atoms with Crippen molar-refractivity contribution in [3.63, 3.8) is 0 Å². The van der Waals surface area contributed by atoms with Crippen LogP contribution in [0.4, 0.5) is 0 Å². The van der Waals surface area contributed by atoms with Crippen molar-refractivity contribution in [2.45, 2.75) is 32.9 Å². The first-order valence-electron chi connectivity index (χ1n) is 8.47. The second kappa shape index (κ2) is 7.13. The molecule has 5 heteroatoms. The number of hydrogen-bond acceptors (Lipinski definition) is 3. The van der Waals surface area contributed by atoms with Crippen LogP contribution in [0, 0.1) is 11.8 Å². The largest absolute Gasteiger partial charge is 0.352 e. The van der Waals surface area contributed by atoms with Crippen LogP contribution in [0.3, 0.4) is 0 Å². The summed E-state index contributed by atoms with van der Waals surface area (Å²) in [7, 11) is 0. The van der Waals surface area contributed by atoms with Crippen molar-refractivity contribution in [1.29, 1.82) is 0 Å². The lowest BCUT2D eigenvalue weighted by atomic mass is 9.88. The quantitative estimate of drug-likeness (QED) is 0.831. The summed E-state index contributed by atoms with van der Waals surface area (Å²) in [4.78, 5) is 25.8. The third-order valence-electron chi connectivity index (χ3n) is 4.94. The fourth-order valence-electron chi connectivity index (χ4n) is 3.16. The molecule has 2 amide bonds. The van der Waals surface area contributed by atoms with Crippen LogP contribution in [-0.2, 0) is 22.7 Å². The van der Waals surface area contributed by atoms with Crippen LogP contribution in [0.2, 0.25) is 0 Å². The molecule has 2 fully saturated rings. The first kappa shape index (κ1) is 16.0. The highest BCUT2D eigenvalue weighted by atomic mass is 16.2. The highest BCUT2D eigenvalue weighted by Crippen LogP contribution is 2.17. The van der Waals surface area contributed by atoms with Gasteiger partial charge in [-0.25, -0.2) is 0 Å². The number of nitrogens with one attached hydrogen (secondary N) is 2. The van der Waals surface area contributed by atoms with E-state index in [1.807, 2.05) is 30.0 Å². The van der Waals surface area contributed by atoms with E-state index in [-0.39, 0.29) is 17.7 Å². The molecular formula is C18H25N3O2. The van der Waals surface area contributed by atoms with Gasteiger partial charge < -0.3 is 15.5 Å². The molecule has 0 saturated carbocycles. The molecule has 124 valence electrons. The molecule has 2 saturated heterocycles. The van der Waals surface area contributed by atoms with Crippen LogP contribution < -0.4 is 10.6 Å². The van der Waals surface area contributed by atoms with Gasteiger partial charge in [0.05, 0.1) is 0 Å². The van der Waals surface area contributed by atoms with Crippen LogP contribution in [-0.4, -0.2) is 36.3 Å². The monoisotopic (exact) mass is 315 g/mol. The minimum Gasteiger partial charge on any atom is -0.352 e. The van der Waals surface area contributed by atoms with E-state index in [4.69, 9.17) is 0 Å². The van der Waals surface area contributed by atoms with Gasteiger partial charge in [-0.3, -0.25) is 9.59 Å². The van der Waals surface area contributed by atoms with Crippen molar-refractivity contribution in [2.24, 2.45) is 11.8 Å². The fraction of sp³-hybridized carbons (Fsp3) is 0.556. The number of hydrogen-bond donors (Lipinski definition) is 2. The molecule has 2 aliphatic heterocycles. The number of carbonyl (C=O) groups excluding carboxylic acids is 2. The first-order valence-corrected chi connectivity index (χ1v) is 8.47. The Bertz CT molecular complexity index is 583. The van der Waals surface area contributed by atoms with Gasteiger partial charge in [0, 0.05) is 32.0 Å². The topological polar surface area (TPSA) is 61.4 Å². The van der Waals surface area contributed by atoms with Crippen molar-refractivity contribution < 1.29 is 9.59 Å². The predicted molar refractivity (Wildman–Crippen MR) is 88.5 cm³/mol. The minimum atomic E-state index is 0.0571. The summed E-state index contributed by atoms with van der Waals surface area (Å²) in [6, 6.07) is 8.14. The van der Waals surface area contributed by atoms with Gasteiger partial charge in [-0.1, -0.05) is 31.2 Å². The summed E-state index contributed by atoms with van der Waals surface area (Å²) < 4.78 is 0. The molecule has 2 aliphatic rings. The molecule has 1 unspecified atom stereocenters. The second-order valence-electron chi connectivity index (χ2n) is 6.66. The van der Waals surface area contributed by atoms with E-state index >= 15 is 0 Å². The summed E-state index contributed by atoms with van der Waals surface area (Å²) >= 11 is 0. The van der Waals surface area contributed by atoms with Crippen molar-refractivity contribution in [2.75, 3.05) is 19.6 Å². The third kappa shape index (κ3) is 3.91. The molecule has 23 heavy (non-hydrogen) atoms. The molecule has 2 heterocycles. The summed E-state index contributed by atoms with van der Waals surface area (Å²) in [5.41, 5.74) is 2.21. The average Bonchev–Trinajstić information content (AvgIpc) is 2.88. The predicted octanol–water partition coefficient (Wildman–Crippen LogP) is 1.28. The molecule has 0 aliphatic carbocycles. The Hall–Kier alpha value is -1.88. The molecule has 2 N–H and O–H groups in total. The lowest BCUT2D eigenvalue weighted by Gasteiger charge is -2.31. The summed E-state index contributed by atoms with van der Waals surface area (Å²) in [6.07, 6.45) is 1.63. The summed E-state index contributed by atoms with van der Waals surface area (Å²) in [5, 5.41) is 6.23. The number of carbonyl (C=O) groups is 2. The van der Waals surface area contributed by atoms with Crippen molar-refractivity contribution in [3.05, 3.63) is 35.4 Å². The Balaban J connectivity index is 1.52. The van der Waals surface area contributed by atoms with E-state index in [0.717, 1.165) is 37.2 Å². The van der Waals surface area contributed by atoms with Gasteiger partial charge in [-0.05, 0) is 36.6 Å². The first-order chi connectivity index (χ1) is 11.1. The van der Waals surface area contributed by atoms with Gasteiger partial charge >= 0.3 is 0 Å². The number of rotatable bonds is 6. The van der Waals surface area contributed by atoms with Crippen LogP contribution in [0.5, 0.6) is 0 Å². The molecule has 0 radical (unpaired) electrons. The second-order valence-corrected chi connectivity index (χ2v) is 6.66. The number of likely N-dealkylation sites (tertiary alicyclic amines) is 1. The van der Waals surface area contributed by atoms with Gasteiger partial charge in [0.2, 0.25) is 11.8 Å². The molecule has 3 rings (SSSR count). The fourth-order valence-corrected chi connectivity index (χ4v) is 3.16. The molecule has 0 aromatic heterocycles. The van der Waals surface area contributed by atoms with Gasteiger partial charge in [0.15, 0.2) is 0 Å². The third-order valence-corrected chi connectivity index (χ3v) is 4.94. The smallest absolute Gasteiger partial charge is 0.223 e. The van der Waals surface area contributed by atoms with Crippen LogP contribution >= 0.6 is 0 Å². The maximum absolute atomic E-state index is 12.2. The Kier molecular flexibility index (Phi) is 4.96. The van der Waals surface area contributed by atoms with Crippen molar-refractivity contribution in [3.8, 4) is 0 Å².